The van der Waals surface area contributed by atoms with Crippen LogP contribution in [0.3, 0.4) is 0 Å². The average Bonchev–Trinajstić information content (AvgIpc) is 3.67. The number of amides is 1. The van der Waals surface area contributed by atoms with Crippen molar-refractivity contribution in [3.05, 3.63) is 87.7 Å². The van der Waals surface area contributed by atoms with E-state index in [2.05, 4.69) is 5.32 Å². The van der Waals surface area contributed by atoms with Crippen molar-refractivity contribution >= 4 is 51.7 Å². The standard InChI is InChI=1S/C27H22ClFN2O5S/c1-30-27(33)25-21-11-20(16-4-5-16)23(12-24(21)36-26(25)17-6-8-19(29)9-7-17)31(37(34)35)13-15-2-3-18(14-32)22(28)10-15/h2-3,6-12,14,16H,4-5,13H2,1H3,(H,30,33)(H,34,35). The van der Waals surface area contributed by atoms with Crippen LogP contribution in [0, 0.1) is 5.82 Å². The lowest BCUT2D eigenvalue weighted by atomic mass is 10.00. The van der Waals surface area contributed by atoms with Gasteiger partial charge in [-0.3, -0.25) is 18.4 Å². The number of benzene rings is 3. The van der Waals surface area contributed by atoms with Gasteiger partial charge in [0.15, 0.2) is 6.29 Å². The molecule has 1 aliphatic rings. The molecule has 3 aromatic carbocycles. The van der Waals surface area contributed by atoms with Gasteiger partial charge in [-0.25, -0.2) is 8.60 Å². The summed E-state index contributed by atoms with van der Waals surface area (Å²) in [5, 5.41) is 3.45. The maximum Gasteiger partial charge on any atom is 0.262 e. The molecule has 0 bridgehead atoms. The first-order valence-corrected chi connectivity index (χ1v) is 13.0. The first-order valence-electron chi connectivity index (χ1n) is 11.5. The quantitative estimate of drug-likeness (QED) is 0.208. The molecule has 5 rings (SSSR count). The summed E-state index contributed by atoms with van der Waals surface area (Å²) in [4.78, 5) is 24.0. The van der Waals surface area contributed by atoms with Crippen molar-refractivity contribution < 1.29 is 27.2 Å². The van der Waals surface area contributed by atoms with Gasteiger partial charge in [-0.2, -0.15) is 0 Å². The Morgan fingerprint density at radius 2 is 1.95 bits per heavy atom. The number of nitrogens with zero attached hydrogens (tertiary/aromatic N) is 1. The summed E-state index contributed by atoms with van der Waals surface area (Å²) in [6.07, 6.45) is 2.46. The summed E-state index contributed by atoms with van der Waals surface area (Å²) in [5.74, 6) is -0.337. The molecule has 1 unspecified atom stereocenters. The number of anilines is 1. The number of furan rings is 1. The van der Waals surface area contributed by atoms with Crippen LogP contribution in [0.4, 0.5) is 10.1 Å². The Bertz CT molecular complexity index is 1550. The van der Waals surface area contributed by atoms with Crippen LogP contribution in [0.5, 0.6) is 0 Å². The number of aldehydes is 1. The monoisotopic (exact) mass is 540 g/mol. The Hall–Kier alpha value is -3.53. The lowest BCUT2D eigenvalue weighted by Crippen LogP contribution is -2.25. The van der Waals surface area contributed by atoms with Gasteiger partial charge in [0.1, 0.15) is 17.2 Å². The topological polar surface area (TPSA) is 99.9 Å². The largest absolute Gasteiger partial charge is 0.455 e. The molecule has 0 aliphatic heterocycles. The smallest absolute Gasteiger partial charge is 0.262 e. The summed E-state index contributed by atoms with van der Waals surface area (Å²) in [6, 6.07) is 14.0. The summed E-state index contributed by atoms with van der Waals surface area (Å²) < 4.78 is 43.8. The van der Waals surface area contributed by atoms with Gasteiger partial charge in [0.2, 0.25) is 0 Å². The number of nitrogens with one attached hydrogen (secondary N) is 1. The Morgan fingerprint density at radius 1 is 1.22 bits per heavy atom. The fraction of sp³-hybridized carbons (Fsp3) is 0.185. The zero-order chi connectivity index (χ0) is 26.3. The summed E-state index contributed by atoms with van der Waals surface area (Å²) in [6.45, 7) is 0.0427. The minimum absolute atomic E-state index is 0.0427. The third-order valence-corrected chi connectivity index (χ3v) is 7.42. The van der Waals surface area contributed by atoms with Crippen LogP contribution in [-0.4, -0.2) is 28.0 Å². The van der Waals surface area contributed by atoms with E-state index in [1.165, 1.54) is 35.6 Å². The van der Waals surface area contributed by atoms with E-state index in [4.69, 9.17) is 16.0 Å². The van der Waals surface area contributed by atoms with Crippen LogP contribution >= 0.6 is 11.6 Å². The molecule has 0 saturated heterocycles. The van der Waals surface area contributed by atoms with Gasteiger partial charge in [0.25, 0.3) is 17.2 Å². The van der Waals surface area contributed by atoms with Crippen molar-refractivity contribution in [1.29, 1.82) is 0 Å². The summed E-state index contributed by atoms with van der Waals surface area (Å²) in [5.41, 5.74) is 3.47. The van der Waals surface area contributed by atoms with Gasteiger partial charge >= 0.3 is 0 Å². The van der Waals surface area contributed by atoms with Gasteiger partial charge in [-0.1, -0.05) is 17.7 Å². The third-order valence-electron chi connectivity index (χ3n) is 6.39. The van der Waals surface area contributed by atoms with Crippen LogP contribution in [0.25, 0.3) is 22.3 Å². The average molecular weight is 541 g/mol. The van der Waals surface area contributed by atoms with E-state index in [1.807, 2.05) is 6.07 Å². The minimum Gasteiger partial charge on any atom is -0.455 e. The number of hydrogen-bond acceptors (Lipinski definition) is 4. The van der Waals surface area contributed by atoms with Crippen molar-refractivity contribution in [2.45, 2.75) is 25.3 Å². The van der Waals surface area contributed by atoms with E-state index in [0.29, 0.717) is 45.2 Å². The summed E-state index contributed by atoms with van der Waals surface area (Å²) in [7, 11) is 1.52. The van der Waals surface area contributed by atoms with Gasteiger partial charge in [0, 0.05) is 29.6 Å². The molecule has 4 aromatic rings. The molecular formula is C27H22ClFN2O5S. The van der Waals surface area contributed by atoms with Crippen LogP contribution in [0.2, 0.25) is 5.02 Å². The molecule has 7 nitrogen and oxygen atoms in total. The van der Waals surface area contributed by atoms with Crippen molar-refractivity contribution in [3.8, 4) is 11.3 Å². The Kier molecular flexibility index (Phi) is 6.85. The van der Waals surface area contributed by atoms with E-state index in [9.17, 15) is 22.7 Å². The Morgan fingerprint density at radius 3 is 2.54 bits per heavy atom. The number of carbonyl (C=O) groups is 2. The van der Waals surface area contributed by atoms with Crippen LogP contribution in [0.15, 0.2) is 59.0 Å². The highest BCUT2D eigenvalue weighted by atomic mass is 35.5. The fourth-order valence-electron chi connectivity index (χ4n) is 4.40. The molecule has 10 heteroatoms. The van der Waals surface area contributed by atoms with Crippen LogP contribution in [0.1, 0.15) is 50.6 Å². The van der Waals surface area contributed by atoms with Crippen molar-refractivity contribution in [1.82, 2.24) is 5.32 Å². The number of hydrogen-bond donors (Lipinski definition) is 2. The number of rotatable bonds is 8. The van der Waals surface area contributed by atoms with Gasteiger partial charge in [0.05, 0.1) is 22.8 Å². The first kappa shape index (κ1) is 25.1. The van der Waals surface area contributed by atoms with Gasteiger partial charge < -0.3 is 9.73 Å². The number of fused-ring (bicyclic) bond motifs is 1. The highest BCUT2D eigenvalue weighted by Crippen LogP contribution is 2.48. The van der Waals surface area contributed by atoms with E-state index in [-0.39, 0.29) is 29.2 Å². The molecular weight excluding hydrogens is 519 g/mol. The third kappa shape index (κ3) is 4.90. The maximum absolute atomic E-state index is 13.6. The van der Waals surface area contributed by atoms with Crippen molar-refractivity contribution in [3.63, 3.8) is 0 Å². The second kappa shape index (κ2) is 10.1. The highest BCUT2D eigenvalue weighted by Gasteiger charge is 2.32. The maximum atomic E-state index is 13.6. The normalized spacial score (nSPS) is 13.9. The Labute approximate surface area is 219 Å². The molecule has 1 fully saturated rings. The molecule has 1 aromatic heterocycles. The second-order valence-corrected chi connectivity index (χ2v) is 10.1. The molecule has 1 amide bonds. The van der Waals surface area contributed by atoms with Crippen molar-refractivity contribution in [2.75, 3.05) is 11.4 Å². The SMILES string of the molecule is CNC(=O)c1c(-c2ccc(F)cc2)oc2cc(N(Cc3ccc(C=O)c(Cl)c3)S(=O)O)c(C3CC3)cc12. The van der Waals surface area contributed by atoms with E-state index >= 15 is 0 Å². The van der Waals surface area contributed by atoms with Crippen LogP contribution < -0.4 is 9.62 Å². The molecule has 1 saturated carbocycles. The number of carbonyl (C=O) groups excluding carboxylic acids is 2. The molecule has 2 N–H and O–H groups in total. The van der Waals surface area contributed by atoms with E-state index in [0.717, 1.165) is 18.4 Å². The van der Waals surface area contributed by atoms with Gasteiger partial charge in [-0.15, -0.1) is 0 Å². The lowest BCUT2D eigenvalue weighted by molar-refractivity contribution is 0.0964. The highest BCUT2D eigenvalue weighted by molar-refractivity contribution is 7.80. The lowest BCUT2D eigenvalue weighted by Gasteiger charge is -2.23. The zero-order valence-electron chi connectivity index (χ0n) is 19.7. The second-order valence-electron chi connectivity index (χ2n) is 8.81. The van der Waals surface area contributed by atoms with Crippen molar-refractivity contribution in [2.24, 2.45) is 0 Å². The molecule has 0 radical (unpaired) electrons. The molecule has 1 atom stereocenters. The van der Waals surface area contributed by atoms with E-state index in [1.54, 1.807) is 24.3 Å². The number of halogens is 2. The molecule has 1 aliphatic carbocycles. The first-order chi connectivity index (χ1) is 17.8. The van der Waals surface area contributed by atoms with Crippen LogP contribution in [-0.2, 0) is 17.8 Å². The predicted molar refractivity (Wildman–Crippen MR) is 141 cm³/mol. The molecule has 37 heavy (non-hydrogen) atoms. The fourth-order valence-corrected chi connectivity index (χ4v) is 5.23. The minimum atomic E-state index is -2.40. The molecule has 190 valence electrons. The zero-order valence-corrected chi connectivity index (χ0v) is 21.2. The van der Waals surface area contributed by atoms with Gasteiger partial charge in [-0.05, 0) is 72.4 Å². The summed E-state index contributed by atoms with van der Waals surface area (Å²) >= 11 is 3.78. The molecule has 1 heterocycles. The Balaban J connectivity index is 1.67. The molecule has 0 spiro atoms. The van der Waals surface area contributed by atoms with E-state index < -0.39 is 17.1 Å². The predicted octanol–water partition coefficient (Wildman–Crippen LogP) is 6.09.